The van der Waals surface area contributed by atoms with Gasteiger partial charge in [0.2, 0.25) is 0 Å². The maximum absolute atomic E-state index is 13.2. The van der Waals surface area contributed by atoms with Crippen LogP contribution < -0.4 is 5.32 Å². The summed E-state index contributed by atoms with van der Waals surface area (Å²) < 4.78 is 0. The number of amides is 2. The van der Waals surface area contributed by atoms with Gasteiger partial charge in [-0.05, 0) is 55.5 Å². The molecule has 2 N–H and O–H groups in total. The first kappa shape index (κ1) is 22.0. The Kier molecular flexibility index (Phi) is 7.38. The van der Waals surface area contributed by atoms with E-state index in [1.54, 1.807) is 35.4 Å². The number of carbonyl (C=O) groups excluding carboxylic acids is 2. The number of nitrogens with zero attached hydrogens (tertiary/aromatic N) is 2. The zero-order chi connectivity index (χ0) is 22.2. The highest BCUT2D eigenvalue weighted by Crippen LogP contribution is 2.19. The molecular weight excluding hydrogens is 388 g/mol. The SMILES string of the molecule is C=C/C=C(\C)C[C@@H](CCNC(=O)c1ccccn1)N(C)C(=O)c1ccc2cc[nH]c2c1. The third kappa shape index (κ3) is 5.69. The van der Waals surface area contributed by atoms with Crippen LogP contribution in [0.3, 0.4) is 0 Å². The third-order valence-corrected chi connectivity index (χ3v) is 5.29. The third-order valence-electron chi connectivity index (χ3n) is 5.29. The highest BCUT2D eigenvalue weighted by molar-refractivity contribution is 5.98. The highest BCUT2D eigenvalue weighted by Gasteiger charge is 2.22. The molecule has 2 heterocycles. The summed E-state index contributed by atoms with van der Waals surface area (Å²) in [6, 6.07) is 12.8. The van der Waals surface area contributed by atoms with E-state index in [1.807, 2.05) is 50.5 Å². The summed E-state index contributed by atoms with van der Waals surface area (Å²) >= 11 is 0. The van der Waals surface area contributed by atoms with Gasteiger partial charge in [-0.2, -0.15) is 0 Å². The van der Waals surface area contributed by atoms with Gasteiger partial charge in [-0.15, -0.1) is 0 Å². The fraction of sp³-hybridized carbons (Fsp3) is 0.240. The van der Waals surface area contributed by atoms with Crippen molar-refractivity contribution in [2.45, 2.75) is 25.8 Å². The van der Waals surface area contributed by atoms with Gasteiger partial charge < -0.3 is 15.2 Å². The zero-order valence-corrected chi connectivity index (χ0v) is 18.0. The van der Waals surface area contributed by atoms with Gasteiger partial charge >= 0.3 is 0 Å². The average molecular weight is 417 g/mol. The van der Waals surface area contributed by atoms with Gasteiger partial charge in [0.15, 0.2) is 0 Å². The number of hydrogen-bond acceptors (Lipinski definition) is 3. The Labute approximate surface area is 182 Å². The molecular formula is C25H28N4O2. The lowest BCUT2D eigenvalue weighted by Crippen LogP contribution is -2.40. The van der Waals surface area contributed by atoms with Crippen LogP contribution in [0.15, 0.2) is 79.2 Å². The molecule has 0 fully saturated rings. The lowest BCUT2D eigenvalue weighted by Gasteiger charge is -2.29. The van der Waals surface area contributed by atoms with Crippen molar-refractivity contribution in [2.24, 2.45) is 0 Å². The second-order valence-corrected chi connectivity index (χ2v) is 7.56. The summed E-state index contributed by atoms with van der Waals surface area (Å²) in [6.07, 6.45) is 8.46. The van der Waals surface area contributed by atoms with Crippen LogP contribution in [0, 0.1) is 0 Å². The molecule has 160 valence electrons. The smallest absolute Gasteiger partial charge is 0.269 e. The Morgan fingerprint density at radius 2 is 2.10 bits per heavy atom. The predicted octanol–water partition coefficient (Wildman–Crippen LogP) is 4.35. The van der Waals surface area contributed by atoms with Crippen LogP contribution in [0.25, 0.3) is 10.9 Å². The number of fused-ring (bicyclic) bond motifs is 1. The summed E-state index contributed by atoms with van der Waals surface area (Å²) in [6.45, 7) is 6.21. The van der Waals surface area contributed by atoms with Gasteiger partial charge in [0.1, 0.15) is 5.69 Å². The molecule has 0 saturated heterocycles. The second-order valence-electron chi connectivity index (χ2n) is 7.56. The Balaban J connectivity index is 1.70. The molecule has 2 aromatic heterocycles. The fourth-order valence-corrected chi connectivity index (χ4v) is 3.56. The molecule has 0 aliphatic rings. The number of pyridine rings is 1. The maximum Gasteiger partial charge on any atom is 0.269 e. The first-order valence-electron chi connectivity index (χ1n) is 10.3. The summed E-state index contributed by atoms with van der Waals surface area (Å²) in [5.74, 6) is -0.271. The molecule has 31 heavy (non-hydrogen) atoms. The van der Waals surface area contributed by atoms with Crippen LogP contribution in [0.1, 0.15) is 40.6 Å². The normalized spacial score (nSPS) is 12.4. The molecule has 0 radical (unpaired) electrons. The number of rotatable bonds is 9. The van der Waals surface area contributed by atoms with E-state index in [0.29, 0.717) is 30.6 Å². The number of nitrogens with one attached hydrogen (secondary N) is 2. The van der Waals surface area contributed by atoms with Crippen molar-refractivity contribution >= 4 is 22.7 Å². The van der Waals surface area contributed by atoms with Crippen molar-refractivity contribution in [1.82, 2.24) is 20.2 Å². The van der Waals surface area contributed by atoms with Gasteiger partial charge in [0.05, 0.1) is 0 Å². The summed E-state index contributed by atoms with van der Waals surface area (Å²) in [7, 11) is 1.81. The van der Waals surface area contributed by atoms with Crippen LogP contribution in [0.5, 0.6) is 0 Å². The molecule has 3 rings (SSSR count). The van der Waals surface area contributed by atoms with Crippen LogP contribution in [0.2, 0.25) is 0 Å². The molecule has 6 nitrogen and oxygen atoms in total. The van der Waals surface area contributed by atoms with E-state index in [4.69, 9.17) is 0 Å². The molecule has 2 amide bonds. The monoisotopic (exact) mass is 416 g/mol. The van der Waals surface area contributed by atoms with Crippen molar-refractivity contribution in [3.8, 4) is 0 Å². The minimum atomic E-state index is -0.219. The molecule has 0 unspecified atom stereocenters. The van der Waals surface area contributed by atoms with Crippen LogP contribution in [0.4, 0.5) is 0 Å². The molecule has 1 aromatic carbocycles. The number of hydrogen-bond donors (Lipinski definition) is 2. The number of H-pyrrole nitrogens is 1. The van der Waals surface area contributed by atoms with Crippen molar-refractivity contribution in [3.05, 3.63) is 90.4 Å². The van der Waals surface area contributed by atoms with E-state index in [2.05, 4.69) is 21.9 Å². The van der Waals surface area contributed by atoms with E-state index in [1.165, 1.54) is 0 Å². The molecule has 3 aromatic rings. The van der Waals surface area contributed by atoms with E-state index in [9.17, 15) is 9.59 Å². The summed E-state index contributed by atoms with van der Waals surface area (Å²) in [4.78, 5) is 34.5. The summed E-state index contributed by atoms with van der Waals surface area (Å²) in [5, 5.41) is 3.97. The minimum Gasteiger partial charge on any atom is -0.361 e. The first-order chi connectivity index (χ1) is 15.0. The lowest BCUT2D eigenvalue weighted by atomic mass is 10.0. The maximum atomic E-state index is 13.2. The largest absolute Gasteiger partial charge is 0.361 e. The van der Waals surface area contributed by atoms with Crippen molar-refractivity contribution in [2.75, 3.05) is 13.6 Å². The first-order valence-corrected chi connectivity index (χ1v) is 10.3. The van der Waals surface area contributed by atoms with E-state index in [-0.39, 0.29) is 17.9 Å². The zero-order valence-electron chi connectivity index (χ0n) is 18.0. The molecule has 0 spiro atoms. The fourth-order valence-electron chi connectivity index (χ4n) is 3.56. The van der Waals surface area contributed by atoms with Gasteiger partial charge in [-0.25, -0.2) is 0 Å². The predicted molar refractivity (Wildman–Crippen MR) is 124 cm³/mol. The van der Waals surface area contributed by atoms with Crippen molar-refractivity contribution < 1.29 is 9.59 Å². The van der Waals surface area contributed by atoms with Crippen molar-refractivity contribution in [1.29, 1.82) is 0 Å². The van der Waals surface area contributed by atoms with E-state index >= 15 is 0 Å². The molecule has 0 bridgehead atoms. The molecule has 0 aliphatic heterocycles. The second kappa shape index (κ2) is 10.4. The molecule has 1 atom stereocenters. The van der Waals surface area contributed by atoms with Crippen LogP contribution in [-0.4, -0.2) is 46.3 Å². The number of aromatic nitrogens is 2. The van der Waals surface area contributed by atoms with E-state index < -0.39 is 0 Å². The Morgan fingerprint density at radius 1 is 1.26 bits per heavy atom. The van der Waals surface area contributed by atoms with Gasteiger partial charge in [-0.3, -0.25) is 14.6 Å². The van der Waals surface area contributed by atoms with Gasteiger partial charge in [0, 0.05) is 43.1 Å². The highest BCUT2D eigenvalue weighted by atomic mass is 16.2. The van der Waals surface area contributed by atoms with Crippen LogP contribution >= 0.6 is 0 Å². The topological polar surface area (TPSA) is 78.1 Å². The summed E-state index contributed by atoms with van der Waals surface area (Å²) in [5.41, 5.74) is 3.06. The molecule has 6 heteroatoms. The number of aromatic amines is 1. The Morgan fingerprint density at radius 3 is 2.84 bits per heavy atom. The minimum absolute atomic E-state index is 0.0519. The standard InChI is InChI=1S/C25H28N4O2/c1-4-7-18(2)16-21(12-15-28-24(30)22-8-5-6-13-26-22)29(3)25(31)20-10-9-19-11-14-27-23(19)17-20/h4-11,13-14,17,21,27H,1,12,15-16H2,2-3H3,(H,28,30)/b18-7+/t21-/m1/s1. The van der Waals surface area contributed by atoms with Gasteiger partial charge in [0.25, 0.3) is 11.8 Å². The number of allylic oxidation sites excluding steroid dienone is 2. The number of carbonyl (C=O) groups is 2. The van der Waals surface area contributed by atoms with Gasteiger partial charge in [-0.1, -0.05) is 36.4 Å². The quantitative estimate of drug-likeness (QED) is 0.509. The molecule has 0 saturated carbocycles. The lowest BCUT2D eigenvalue weighted by molar-refractivity contribution is 0.0723. The van der Waals surface area contributed by atoms with Crippen LogP contribution in [-0.2, 0) is 0 Å². The Hall–Kier alpha value is -3.67. The average Bonchev–Trinajstić information content (AvgIpc) is 3.26. The molecule has 0 aliphatic carbocycles. The van der Waals surface area contributed by atoms with E-state index in [0.717, 1.165) is 16.5 Å². The van der Waals surface area contributed by atoms with Crippen molar-refractivity contribution in [3.63, 3.8) is 0 Å². The Bertz CT molecular complexity index is 1090. The number of benzene rings is 1.